The maximum Gasteiger partial charge on any atom is 0.0528 e. The molecule has 0 unspecified atom stereocenters. The number of hydrogen-bond donors (Lipinski definition) is 0. The van der Waals surface area contributed by atoms with Crippen LogP contribution >= 0.6 is 12.2 Å². The van der Waals surface area contributed by atoms with E-state index in [1.54, 1.807) is 6.20 Å². The molecule has 0 radical (unpaired) electrons. The van der Waals surface area contributed by atoms with Crippen LogP contribution in [0.15, 0.2) is 42.7 Å². The topological polar surface area (TPSA) is 12.9 Å². The first-order valence-electron chi connectivity index (χ1n) is 4.92. The Hall–Kier alpha value is -1.54. The van der Waals surface area contributed by atoms with E-state index in [2.05, 4.69) is 23.2 Å². The fraction of sp³-hybridized carbons (Fsp3) is 0.0769. The van der Waals surface area contributed by atoms with E-state index in [4.69, 9.17) is 12.2 Å². The Kier molecular flexibility index (Phi) is 1.89. The number of hydrogen-bond acceptors (Lipinski definition) is 2. The van der Waals surface area contributed by atoms with E-state index in [1.807, 2.05) is 18.3 Å². The number of rotatable bonds is 0. The van der Waals surface area contributed by atoms with E-state index in [0.717, 1.165) is 11.3 Å². The Morgan fingerprint density at radius 2 is 1.80 bits per heavy atom. The third kappa shape index (κ3) is 1.29. The minimum absolute atomic E-state index is 0.944. The van der Waals surface area contributed by atoms with Crippen molar-refractivity contribution in [1.29, 1.82) is 0 Å². The Balaban J connectivity index is 2.24. The number of benzene rings is 1. The van der Waals surface area contributed by atoms with Gasteiger partial charge >= 0.3 is 0 Å². The summed E-state index contributed by atoms with van der Waals surface area (Å²) in [7, 11) is 0. The molecular weight excluding hydrogens is 202 g/mol. The summed E-state index contributed by atoms with van der Waals surface area (Å²) in [5, 5.41) is 0. The summed E-state index contributed by atoms with van der Waals surface area (Å²) in [5.74, 6) is 0. The highest BCUT2D eigenvalue weighted by Gasteiger charge is 2.18. The van der Waals surface area contributed by atoms with Gasteiger partial charge in [-0.25, -0.2) is 0 Å². The van der Waals surface area contributed by atoms with Gasteiger partial charge in [-0.05, 0) is 28.3 Å². The van der Waals surface area contributed by atoms with Gasteiger partial charge in [-0.3, -0.25) is 4.98 Å². The average molecular weight is 211 g/mol. The van der Waals surface area contributed by atoms with Crippen LogP contribution in [0.2, 0.25) is 0 Å². The Labute approximate surface area is 93.8 Å². The predicted octanol–water partition coefficient (Wildman–Crippen LogP) is 2.75. The van der Waals surface area contributed by atoms with Gasteiger partial charge in [-0.1, -0.05) is 36.5 Å². The highest BCUT2D eigenvalue weighted by molar-refractivity contribution is 7.81. The predicted molar refractivity (Wildman–Crippen MR) is 64.3 cm³/mol. The molecule has 1 aliphatic carbocycles. The minimum Gasteiger partial charge on any atom is -0.264 e. The number of aromatic nitrogens is 1. The minimum atomic E-state index is 0.944. The van der Waals surface area contributed by atoms with Crippen LogP contribution in [0, 0.1) is 0 Å². The van der Waals surface area contributed by atoms with Crippen LogP contribution in [-0.2, 0) is 6.42 Å². The van der Waals surface area contributed by atoms with Gasteiger partial charge in [-0.2, -0.15) is 0 Å². The van der Waals surface area contributed by atoms with Gasteiger partial charge in [0.25, 0.3) is 0 Å². The van der Waals surface area contributed by atoms with E-state index < -0.39 is 0 Å². The van der Waals surface area contributed by atoms with Crippen LogP contribution in [0.25, 0.3) is 0 Å². The van der Waals surface area contributed by atoms with Gasteiger partial charge in [0.15, 0.2) is 0 Å². The first kappa shape index (κ1) is 8.74. The van der Waals surface area contributed by atoms with Crippen molar-refractivity contribution in [2.24, 2.45) is 0 Å². The summed E-state index contributed by atoms with van der Waals surface area (Å²) in [6.45, 7) is 0. The van der Waals surface area contributed by atoms with Crippen LogP contribution in [0.1, 0.15) is 22.3 Å². The Morgan fingerprint density at radius 3 is 2.73 bits per heavy atom. The van der Waals surface area contributed by atoms with Gasteiger partial charge in [0, 0.05) is 18.8 Å². The fourth-order valence-corrected chi connectivity index (χ4v) is 2.43. The molecular formula is C13H9NS. The SMILES string of the molecule is S=C1c2ccccc2Cc2cnccc21. The standard InChI is InChI=1S/C13H9NS/c15-13-11-4-2-1-3-9(11)7-10-8-14-6-5-12(10)13/h1-6,8H,7H2. The van der Waals surface area contributed by atoms with E-state index in [1.165, 1.54) is 22.3 Å². The maximum atomic E-state index is 5.49. The Morgan fingerprint density at radius 1 is 1.00 bits per heavy atom. The molecule has 1 aliphatic rings. The smallest absolute Gasteiger partial charge is 0.0528 e. The molecule has 2 aromatic rings. The number of pyridine rings is 1. The molecule has 0 aliphatic heterocycles. The molecule has 1 nitrogen and oxygen atoms in total. The van der Waals surface area contributed by atoms with Crippen molar-refractivity contribution in [2.45, 2.75) is 6.42 Å². The highest BCUT2D eigenvalue weighted by Crippen LogP contribution is 2.26. The third-order valence-electron chi connectivity index (χ3n) is 2.79. The summed E-state index contributed by atoms with van der Waals surface area (Å²) in [4.78, 5) is 5.10. The quantitative estimate of drug-likeness (QED) is 0.530. The molecule has 1 aromatic carbocycles. The molecule has 15 heavy (non-hydrogen) atoms. The zero-order valence-corrected chi connectivity index (χ0v) is 8.92. The van der Waals surface area contributed by atoms with Gasteiger partial charge in [0.05, 0.1) is 4.86 Å². The largest absolute Gasteiger partial charge is 0.264 e. The molecule has 0 fully saturated rings. The summed E-state index contributed by atoms with van der Waals surface area (Å²) in [6.07, 6.45) is 4.66. The molecule has 3 rings (SSSR count). The molecule has 0 bridgehead atoms. The molecule has 0 N–H and O–H groups in total. The van der Waals surface area contributed by atoms with Crippen molar-refractivity contribution in [3.05, 3.63) is 65.0 Å². The second-order valence-electron chi connectivity index (χ2n) is 3.70. The lowest BCUT2D eigenvalue weighted by molar-refractivity contribution is 1.12. The van der Waals surface area contributed by atoms with Crippen LogP contribution in [0.3, 0.4) is 0 Å². The number of thiocarbonyl (C=S) groups is 1. The molecule has 0 saturated carbocycles. The molecule has 72 valence electrons. The first-order valence-corrected chi connectivity index (χ1v) is 5.32. The third-order valence-corrected chi connectivity index (χ3v) is 3.23. The van der Waals surface area contributed by atoms with E-state index in [9.17, 15) is 0 Å². The van der Waals surface area contributed by atoms with Crippen LogP contribution < -0.4 is 0 Å². The van der Waals surface area contributed by atoms with E-state index in [0.29, 0.717) is 0 Å². The van der Waals surface area contributed by atoms with Crippen LogP contribution in [-0.4, -0.2) is 9.85 Å². The molecule has 0 saturated heterocycles. The zero-order chi connectivity index (χ0) is 10.3. The van der Waals surface area contributed by atoms with Crippen molar-refractivity contribution >= 4 is 17.1 Å². The van der Waals surface area contributed by atoms with Crippen molar-refractivity contribution in [3.63, 3.8) is 0 Å². The molecule has 0 atom stereocenters. The van der Waals surface area contributed by atoms with Crippen molar-refractivity contribution in [3.8, 4) is 0 Å². The number of nitrogens with zero attached hydrogens (tertiary/aromatic N) is 1. The summed E-state index contributed by atoms with van der Waals surface area (Å²) in [6, 6.07) is 10.3. The van der Waals surface area contributed by atoms with E-state index in [-0.39, 0.29) is 0 Å². The molecule has 2 heteroatoms. The monoisotopic (exact) mass is 211 g/mol. The summed E-state index contributed by atoms with van der Waals surface area (Å²) >= 11 is 5.49. The second-order valence-corrected chi connectivity index (χ2v) is 4.10. The van der Waals surface area contributed by atoms with Gasteiger partial charge in [-0.15, -0.1) is 0 Å². The van der Waals surface area contributed by atoms with Crippen molar-refractivity contribution < 1.29 is 0 Å². The first-order chi connectivity index (χ1) is 7.36. The molecule has 1 aromatic heterocycles. The molecule has 1 heterocycles. The molecule has 0 amide bonds. The van der Waals surface area contributed by atoms with Crippen LogP contribution in [0.4, 0.5) is 0 Å². The van der Waals surface area contributed by atoms with Crippen LogP contribution in [0.5, 0.6) is 0 Å². The second kappa shape index (κ2) is 3.24. The van der Waals surface area contributed by atoms with Gasteiger partial charge < -0.3 is 0 Å². The van der Waals surface area contributed by atoms with Gasteiger partial charge in [0.1, 0.15) is 0 Å². The van der Waals surface area contributed by atoms with Crippen molar-refractivity contribution in [1.82, 2.24) is 4.98 Å². The lowest BCUT2D eigenvalue weighted by Crippen LogP contribution is -2.13. The molecule has 0 spiro atoms. The zero-order valence-electron chi connectivity index (χ0n) is 8.10. The van der Waals surface area contributed by atoms with Crippen molar-refractivity contribution in [2.75, 3.05) is 0 Å². The van der Waals surface area contributed by atoms with Gasteiger partial charge in [0.2, 0.25) is 0 Å². The fourth-order valence-electron chi connectivity index (χ4n) is 2.04. The number of fused-ring (bicyclic) bond motifs is 2. The summed E-state index contributed by atoms with van der Waals surface area (Å²) in [5.41, 5.74) is 4.91. The lowest BCUT2D eigenvalue weighted by atomic mass is 9.87. The highest BCUT2D eigenvalue weighted by atomic mass is 32.1. The average Bonchev–Trinajstić information content (AvgIpc) is 2.30. The normalized spacial score (nSPS) is 13.2. The lowest BCUT2D eigenvalue weighted by Gasteiger charge is -2.19. The maximum absolute atomic E-state index is 5.49. The Bertz CT molecular complexity index is 498. The van der Waals surface area contributed by atoms with E-state index >= 15 is 0 Å². The summed E-state index contributed by atoms with van der Waals surface area (Å²) < 4.78 is 0.